The van der Waals surface area contributed by atoms with E-state index in [9.17, 15) is 5.11 Å². The minimum absolute atomic E-state index is 0.565. The van der Waals surface area contributed by atoms with Gasteiger partial charge in [0.25, 0.3) is 0 Å². The molecule has 0 radical (unpaired) electrons. The maximum Gasteiger partial charge on any atom is 0.137 e. The molecule has 2 aromatic rings. The van der Waals surface area contributed by atoms with Gasteiger partial charge in [-0.1, -0.05) is 12.1 Å². The molecule has 4 nitrogen and oxygen atoms in total. The topological polar surface area (TPSA) is 51.6 Å². The summed E-state index contributed by atoms with van der Waals surface area (Å²) in [7, 11) is 1.61. The van der Waals surface area contributed by atoms with Crippen molar-refractivity contribution < 1.29 is 14.6 Å². The summed E-state index contributed by atoms with van der Waals surface area (Å²) in [5, 5.41) is 10.8. The average Bonchev–Trinajstić information content (AvgIpc) is 2.48. The van der Waals surface area contributed by atoms with Gasteiger partial charge in [-0.2, -0.15) is 0 Å². The standard InChI is InChI=1S/C16H19NO3/c1-4-20-15-9-13(10-17-11-15)16(2,18)12-5-7-14(19-3)8-6-12/h5-11,18H,4H2,1-3H3. The van der Waals surface area contributed by atoms with Gasteiger partial charge in [-0.3, -0.25) is 4.98 Å². The smallest absolute Gasteiger partial charge is 0.137 e. The number of aliphatic hydroxyl groups is 1. The summed E-state index contributed by atoms with van der Waals surface area (Å²) < 4.78 is 10.5. The van der Waals surface area contributed by atoms with E-state index < -0.39 is 5.60 Å². The number of benzene rings is 1. The molecule has 4 heteroatoms. The van der Waals surface area contributed by atoms with E-state index in [0.29, 0.717) is 17.9 Å². The van der Waals surface area contributed by atoms with Crippen LogP contribution in [-0.4, -0.2) is 23.8 Å². The Morgan fingerprint density at radius 1 is 1.10 bits per heavy atom. The van der Waals surface area contributed by atoms with Gasteiger partial charge in [0.15, 0.2) is 0 Å². The lowest BCUT2D eigenvalue weighted by Crippen LogP contribution is -2.23. The highest BCUT2D eigenvalue weighted by Crippen LogP contribution is 2.31. The molecule has 2 rings (SSSR count). The van der Waals surface area contributed by atoms with Gasteiger partial charge in [0.2, 0.25) is 0 Å². The Hall–Kier alpha value is -2.07. The number of nitrogens with zero attached hydrogens (tertiary/aromatic N) is 1. The van der Waals surface area contributed by atoms with Gasteiger partial charge in [-0.25, -0.2) is 0 Å². The zero-order valence-corrected chi connectivity index (χ0v) is 12.0. The van der Waals surface area contributed by atoms with Crippen LogP contribution in [0.25, 0.3) is 0 Å². The predicted octanol–water partition coefficient (Wildman–Crippen LogP) is 2.74. The van der Waals surface area contributed by atoms with Crippen LogP contribution in [0.3, 0.4) is 0 Å². The number of hydrogen-bond donors (Lipinski definition) is 1. The minimum Gasteiger partial charge on any atom is -0.497 e. The zero-order chi connectivity index (χ0) is 14.6. The van der Waals surface area contributed by atoms with Crippen molar-refractivity contribution in [1.29, 1.82) is 0 Å². The van der Waals surface area contributed by atoms with Crippen LogP contribution in [0.2, 0.25) is 0 Å². The SMILES string of the molecule is CCOc1cncc(C(C)(O)c2ccc(OC)cc2)c1. The third-order valence-electron chi connectivity index (χ3n) is 3.24. The van der Waals surface area contributed by atoms with Gasteiger partial charge in [0, 0.05) is 11.8 Å². The summed E-state index contributed by atoms with van der Waals surface area (Å²) in [5.74, 6) is 1.41. The molecule has 0 saturated carbocycles. The molecule has 1 N–H and O–H groups in total. The highest BCUT2D eigenvalue weighted by atomic mass is 16.5. The van der Waals surface area contributed by atoms with Crippen molar-refractivity contribution in [3.63, 3.8) is 0 Å². The molecular formula is C16H19NO3. The Balaban J connectivity index is 2.34. The summed E-state index contributed by atoms with van der Waals surface area (Å²) in [5.41, 5.74) is 0.328. The molecule has 0 bridgehead atoms. The molecular weight excluding hydrogens is 254 g/mol. The maximum atomic E-state index is 10.8. The fourth-order valence-electron chi connectivity index (χ4n) is 2.01. The summed E-state index contributed by atoms with van der Waals surface area (Å²) in [6.07, 6.45) is 3.28. The predicted molar refractivity (Wildman–Crippen MR) is 77.1 cm³/mol. The van der Waals surface area contributed by atoms with Crippen LogP contribution in [0.5, 0.6) is 11.5 Å². The van der Waals surface area contributed by atoms with E-state index in [1.165, 1.54) is 0 Å². The van der Waals surface area contributed by atoms with Crippen LogP contribution < -0.4 is 9.47 Å². The van der Waals surface area contributed by atoms with Crippen molar-refractivity contribution in [3.05, 3.63) is 53.9 Å². The summed E-state index contributed by atoms with van der Waals surface area (Å²) >= 11 is 0. The lowest BCUT2D eigenvalue weighted by molar-refractivity contribution is 0.101. The number of ether oxygens (including phenoxy) is 2. The molecule has 1 aromatic heterocycles. The second kappa shape index (κ2) is 5.92. The highest BCUT2D eigenvalue weighted by Gasteiger charge is 2.26. The Morgan fingerprint density at radius 3 is 2.40 bits per heavy atom. The van der Waals surface area contributed by atoms with E-state index in [4.69, 9.17) is 9.47 Å². The van der Waals surface area contributed by atoms with Gasteiger partial charge in [-0.15, -0.1) is 0 Å². The molecule has 1 atom stereocenters. The van der Waals surface area contributed by atoms with E-state index in [2.05, 4.69) is 4.98 Å². The molecule has 20 heavy (non-hydrogen) atoms. The van der Waals surface area contributed by atoms with Crippen molar-refractivity contribution >= 4 is 0 Å². The summed E-state index contributed by atoms with van der Waals surface area (Å²) in [4.78, 5) is 4.12. The maximum absolute atomic E-state index is 10.8. The van der Waals surface area contributed by atoms with Crippen LogP contribution in [0.4, 0.5) is 0 Å². The first-order valence-corrected chi connectivity index (χ1v) is 6.53. The van der Waals surface area contributed by atoms with Crippen LogP contribution in [-0.2, 0) is 5.60 Å². The molecule has 0 aliphatic heterocycles. The second-order valence-electron chi connectivity index (χ2n) is 4.64. The average molecular weight is 273 g/mol. The first-order chi connectivity index (χ1) is 9.57. The third kappa shape index (κ3) is 2.91. The molecule has 0 spiro atoms. The molecule has 1 heterocycles. The Morgan fingerprint density at radius 2 is 1.80 bits per heavy atom. The van der Waals surface area contributed by atoms with E-state index in [0.717, 1.165) is 11.3 Å². The molecule has 0 saturated heterocycles. The monoisotopic (exact) mass is 273 g/mol. The molecule has 0 aliphatic carbocycles. The zero-order valence-electron chi connectivity index (χ0n) is 12.0. The third-order valence-corrected chi connectivity index (χ3v) is 3.24. The molecule has 0 amide bonds. The van der Waals surface area contributed by atoms with E-state index in [1.54, 1.807) is 32.5 Å². The minimum atomic E-state index is -1.13. The van der Waals surface area contributed by atoms with E-state index in [-0.39, 0.29) is 0 Å². The fraction of sp³-hybridized carbons (Fsp3) is 0.312. The van der Waals surface area contributed by atoms with Gasteiger partial charge >= 0.3 is 0 Å². The van der Waals surface area contributed by atoms with Crippen LogP contribution in [0, 0.1) is 0 Å². The molecule has 1 unspecified atom stereocenters. The first-order valence-electron chi connectivity index (χ1n) is 6.53. The number of pyridine rings is 1. The van der Waals surface area contributed by atoms with Gasteiger partial charge in [-0.05, 0) is 37.6 Å². The lowest BCUT2D eigenvalue weighted by Gasteiger charge is -2.24. The molecule has 106 valence electrons. The normalized spacial score (nSPS) is 13.6. The Bertz CT molecular complexity index is 564. The quantitative estimate of drug-likeness (QED) is 0.910. The Kier molecular flexibility index (Phi) is 4.25. The van der Waals surface area contributed by atoms with Crippen LogP contribution in [0.15, 0.2) is 42.7 Å². The summed E-state index contributed by atoms with van der Waals surface area (Å²) in [6.45, 7) is 4.21. The van der Waals surface area contributed by atoms with Crippen molar-refractivity contribution in [2.45, 2.75) is 19.4 Å². The van der Waals surface area contributed by atoms with Gasteiger partial charge in [0.05, 0.1) is 19.9 Å². The number of methoxy groups -OCH3 is 1. The van der Waals surface area contributed by atoms with Crippen molar-refractivity contribution in [3.8, 4) is 11.5 Å². The number of hydrogen-bond acceptors (Lipinski definition) is 4. The lowest BCUT2D eigenvalue weighted by atomic mass is 9.89. The van der Waals surface area contributed by atoms with Gasteiger partial charge in [0.1, 0.15) is 17.1 Å². The van der Waals surface area contributed by atoms with Crippen molar-refractivity contribution in [2.75, 3.05) is 13.7 Å². The number of aromatic nitrogens is 1. The Labute approximate surface area is 119 Å². The molecule has 0 aliphatic rings. The van der Waals surface area contributed by atoms with E-state index >= 15 is 0 Å². The first kappa shape index (κ1) is 14.3. The number of rotatable bonds is 5. The van der Waals surface area contributed by atoms with Crippen LogP contribution in [0.1, 0.15) is 25.0 Å². The highest BCUT2D eigenvalue weighted by molar-refractivity contribution is 5.39. The van der Waals surface area contributed by atoms with Crippen molar-refractivity contribution in [2.24, 2.45) is 0 Å². The molecule has 1 aromatic carbocycles. The van der Waals surface area contributed by atoms with Crippen molar-refractivity contribution in [1.82, 2.24) is 4.98 Å². The second-order valence-corrected chi connectivity index (χ2v) is 4.64. The summed E-state index contributed by atoms with van der Waals surface area (Å²) in [6, 6.07) is 9.13. The van der Waals surface area contributed by atoms with E-state index in [1.807, 2.05) is 31.2 Å². The largest absolute Gasteiger partial charge is 0.497 e. The van der Waals surface area contributed by atoms with Crippen LogP contribution >= 0.6 is 0 Å². The fourth-order valence-corrected chi connectivity index (χ4v) is 2.01. The molecule has 0 fully saturated rings. The van der Waals surface area contributed by atoms with Gasteiger partial charge < -0.3 is 14.6 Å².